The average Bonchev–Trinajstić information content (AvgIpc) is 2.92. The van der Waals surface area contributed by atoms with Gasteiger partial charge < -0.3 is 20.2 Å². The zero-order valence-electron chi connectivity index (χ0n) is 22.4. The Labute approximate surface area is 227 Å². The van der Waals surface area contributed by atoms with Crippen LogP contribution in [0, 0.1) is 0 Å². The molecule has 39 heavy (non-hydrogen) atoms. The molecule has 0 unspecified atom stereocenters. The molecule has 0 radical (unpaired) electrons. The van der Waals surface area contributed by atoms with Gasteiger partial charge in [0.2, 0.25) is 11.7 Å². The molecular weight excluding hydrogens is 506 g/mol. The number of aliphatic hydroxyl groups is 1. The van der Waals surface area contributed by atoms with E-state index in [2.05, 4.69) is 32.3 Å². The van der Waals surface area contributed by atoms with Crippen molar-refractivity contribution in [1.29, 1.82) is 0 Å². The van der Waals surface area contributed by atoms with Crippen molar-refractivity contribution in [3.8, 4) is 0 Å². The number of hydrogen-bond acceptors (Lipinski definition) is 7. The fourth-order valence-corrected chi connectivity index (χ4v) is 5.87. The fourth-order valence-electron chi connectivity index (χ4n) is 5.87. The van der Waals surface area contributed by atoms with E-state index in [1.54, 1.807) is 4.90 Å². The van der Waals surface area contributed by atoms with Crippen molar-refractivity contribution in [2.45, 2.75) is 70.2 Å². The van der Waals surface area contributed by atoms with Crippen molar-refractivity contribution in [1.82, 2.24) is 24.7 Å². The van der Waals surface area contributed by atoms with Gasteiger partial charge in [0.05, 0.1) is 6.10 Å². The van der Waals surface area contributed by atoms with Crippen LogP contribution < -0.4 is 5.32 Å². The van der Waals surface area contributed by atoms with E-state index in [0.717, 1.165) is 19.5 Å². The highest BCUT2D eigenvalue weighted by molar-refractivity contribution is 5.93. The predicted octanol–water partition coefficient (Wildman–Crippen LogP) is 2.64. The Bertz CT molecular complexity index is 1210. The number of nitrogens with one attached hydrogen (secondary N) is 1. The minimum Gasteiger partial charge on any atom is -0.390 e. The molecule has 2 fully saturated rings. The van der Waals surface area contributed by atoms with Crippen LogP contribution in [0.25, 0.3) is 0 Å². The third-order valence-electron chi connectivity index (χ3n) is 8.09. The lowest BCUT2D eigenvalue weighted by atomic mass is 9.94. The number of anilines is 1. The van der Waals surface area contributed by atoms with Crippen LogP contribution in [0.1, 0.15) is 60.5 Å². The third kappa shape index (κ3) is 6.19. The number of hydrogen-bond donors (Lipinski definition) is 2. The molecule has 11 heteroatoms. The number of piperidine rings is 2. The van der Waals surface area contributed by atoms with E-state index < -0.39 is 23.8 Å². The number of aliphatic hydroxyl groups excluding tert-OH is 1. The highest BCUT2D eigenvalue weighted by Crippen LogP contribution is 2.28. The van der Waals surface area contributed by atoms with Gasteiger partial charge in [0, 0.05) is 71.3 Å². The summed E-state index contributed by atoms with van der Waals surface area (Å²) in [6.45, 7) is 5.46. The highest BCUT2D eigenvalue weighted by Gasteiger charge is 2.37. The van der Waals surface area contributed by atoms with Crippen LogP contribution in [0.3, 0.4) is 0 Å². The summed E-state index contributed by atoms with van der Waals surface area (Å²) in [7, 11) is 0. The van der Waals surface area contributed by atoms with Crippen LogP contribution in [-0.4, -0.2) is 92.5 Å². The molecule has 0 aliphatic carbocycles. The van der Waals surface area contributed by atoms with Gasteiger partial charge in [-0.2, -0.15) is 8.78 Å². The van der Waals surface area contributed by atoms with Crippen molar-refractivity contribution >= 4 is 17.6 Å². The molecule has 9 nitrogen and oxygen atoms in total. The number of carbonyl (C=O) groups is 2. The van der Waals surface area contributed by atoms with Crippen LogP contribution in [-0.2, 0) is 23.7 Å². The maximum absolute atomic E-state index is 14.3. The van der Waals surface area contributed by atoms with Crippen LogP contribution in [0.4, 0.5) is 14.6 Å². The minimum absolute atomic E-state index is 0.00680. The summed E-state index contributed by atoms with van der Waals surface area (Å²) in [4.78, 5) is 38.5. The van der Waals surface area contributed by atoms with Crippen molar-refractivity contribution in [2.75, 3.05) is 38.0 Å². The lowest BCUT2D eigenvalue weighted by molar-refractivity contribution is -0.129. The second-order valence-electron chi connectivity index (χ2n) is 10.9. The summed E-state index contributed by atoms with van der Waals surface area (Å²) in [5.74, 6) is -4.39. The molecule has 0 spiro atoms. The maximum Gasteiger partial charge on any atom is 0.303 e. The van der Waals surface area contributed by atoms with Gasteiger partial charge in [-0.3, -0.25) is 14.5 Å². The molecule has 210 valence electrons. The molecule has 3 aliphatic rings. The molecule has 4 heterocycles. The standard InChI is InChI=1S/C28H36F2N6O3/c1-18(37)34-12-8-21(9-13-34)31-25-15-22(32-27(33-25)28(2,29)30)26(39)36-14-10-23(24(38)17-36)35-11-7-19-5-3-4-6-20(19)16-35/h3-6,15,21,23-24,38H,7-14,16-17H2,1-2H3,(H,31,32,33)/t23-,24-/m1/s1. The molecule has 2 amide bonds. The summed E-state index contributed by atoms with van der Waals surface area (Å²) in [5, 5.41) is 14.2. The third-order valence-corrected chi connectivity index (χ3v) is 8.09. The van der Waals surface area contributed by atoms with Crippen LogP contribution in [0.5, 0.6) is 0 Å². The average molecular weight is 543 g/mol. The zero-order valence-corrected chi connectivity index (χ0v) is 22.4. The van der Waals surface area contributed by atoms with E-state index in [1.807, 2.05) is 12.1 Å². The first-order chi connectivity index (χ1) is 18.6. The second kappa shape index (κ2) is 11.1. The van der Waals surface area contributed by atoms with Crippen LogP contribution in [0.15, 0.2) is 30.3 Å². The number of nitrogens with zero attached hydrogens (tertiary/aromatic N) is 5. The topological polar surface area (TPSA) is 102 Å². The Morgan fingerprint density at radius 1 is 1.03 bits per heavy atom. The van der Waals surface area contributed by atoms with E-state index in [-0.39, 0.29) is 36.0 Å². The van der Waals surface area contributed by atoms with Crippen LogP contribution in [0.2, 0.25) is 0 Å². The molecule has 5 rings (SSSR count). The maximum atomic E-state index is 14.3. The molecule has 0 bridgehead atoms. The van der Waals surface area contributed by atoms with Gasteiger partial charge in [-0.05, 0) is 36.8 Å². The molecule has 2 aromatic rings. The normalized spacial score (nSPS) is 22.9. The quantitative estimate of drug-likeness (QED) is 0.599. The van der Waals surface area contributed by atoms with Gasteiger partial charge in [-0.15, -0.1) is 0 Å². The number of halogens is 2. The number of aromatic nitrogens is 2. The Balaban J connectivity index is 1.27. The summed E-state index contributed by atoms with van der Waals surface area (Å²) < 4.78 is 28.6. The number of β-amino-alcohol motifs (C(OH)–C–C–N with tert-alkyl or cyclic N) is 1. The van der Waals surface area contributed by atoms with E-state index in [0.29, 0.717) is 45.8 Å². The largest absolute Gasteiger partial charge is 0.390 e. The molecule has 0 saturated carbocycles. The molecule has 3 aliphatic heterocycles. The Morgan fingerprint density at radius 3 is 2.38 bits per heavy atom. The fraction of sp³-hybridized carbons (Fsp3) is 0.571. The highest BCUT2D eigenvalue weighted by atomic mass is 19.3. The van der Waals surface area contributed by atoms with E-state index in [4.69, 9.17) is 0 Å². The van der Waals surface area contributed by atoms with Gasteiger partial charge >= 0.3 is 5.92 Å². The van der Waals surface area contributed by atoms with Gasteiger partial charge in [-0.25, -0.2) is 9.97 Å². The lowest BCUT2D eigenvalue weighted by Crippen LogP contribution is -2.56. The number of amides is 2. The lowest BCUT2D eigenvalue weighted by Gasteiger charge is -2.43. The Hall–Kier alpha value is -3.18. The van der Waals surface area contributed by atoms with Crippen LogP contribution >= 0.6 is 0 Å². The first-order valence-electron chi connectivity index (χ1n) is 13.7. The number of fused-ring (bicyclic) bond motifs is 1. The zero-order chi connectivity index (χ0) is 27.7. The number of carbonyl (C=O) groups excluding carboxylic acids is 2. The van der Waals surface area contributed by atoms with Gasteiger partial charge in [-0.1, -0.05) is 24.3 Å². The number of rotatable bonds is 5. The Kier molecular flexibility index (Phi) is 7.82. The molecular formula is C28H36F2N6O3. The SMILES string of the molecule is CC(=O)N1CCC(Nc2cc(C(=O)N3CC[C@@H](N4CCc5ccccc5C4)[C@H](O)C3)nc(C(C)(F)F)n2)CC1. The first-order valence-corrected chi connectivity index (χ1v) is 13.7. The van der Waals surface area contributed by atoms with Crippen molar-refractivity contribution in [3.63, 3.8) is 0 Å². The molecule has 2 N–H and O–H groups in total. The minimum atomic E-state index is -3.33. The molecule has 1 aromatic heterocycles. The second-order valence-corrected chi connectivity index (χ2v) is 10.9. The van der Waals surface area contributed by atoms with Gasteiger partial charge in [0.15, 0.2) is 0 Å². The summed E-state index contributed by atoms with van der Waals surface area (Å²) in [6.07, 6.45) is 2.03. The number of benzene rings is 1. The van der Waals surface area contributed by atoms with E-state index in [1.165, 1.54) is 29.0 Å². The number of alkyl halides is 2. The predicted molar refractivity (Wildman–Crippen MR) is 141 cm³/mol. The summed E-state index contributed by atoms with van der Waals surface area (Å²) >= 11 is 0. The smallest absolute Gasteiger partial charge is 0.303 e. The van der Waals surface area contributed by atoms with E-state index >= 15 is 0 Å². The molecule has 2 atom stereocenters. The monoisotopic (exact) mass is 542 g/mol. The van der Waals surface area contributed by atoms with Crippen molar-refractivity contribution in [3.05, 3.63) is 53.0 Å². The molecule has 2 saturated heterocycles. The van der Waals surface area contributed by atoms with E-state index in [9.17, 15) is 23.5 Å². The van der Waals surface area contributed by atoms with Gasteiger partial charge in [0.1, 0.15) is 11.5 Å². The summed E-state index contributed by atoms with van der Waals surface area (Å²) in [5.41, 5.74) is 2.47. The number of likely N-dealkylation sites (tertiary alicyclic amines) is 2. The van der Waals surface area contributed by atoms with Crippen molar-refractivity contribution in [2.24, 2.45) is 0 Å². The molecule has 1 aromatic carbocycles. The van der Waals surface area contributed by atoms with Crippen molar-refractivity contribution < 1.29 is 23.5 Å². The van der Waals surface area contributed by atoms with Gasteiger partial charge in [0.25, 0.3) is 5.91 Å². The Morgan fingerprint density at radius 2 is 1.72 bits per heavy atom. The first kappa shape index (κ1) is 27.4. The summed E-state index contributed by atoms with van der Waals surface area (Å²) in [6, 6.07) is 9.58.